The fourth-order valence-electron chi connectivity index (χ4n) is 4.93. The van der Waals surface area contributed by atoms with Crippen LogP contribution in [0.3, 0.4) is 0 Å². The van der Waals surface area contributed by atoms with Crippen LogP contribution in [0.5, 0.6) is 0 Å². The van der Waals surface area contributed by atoms with Crippen LogP contribution in [0, 0.1) is 6.92 Å². The first-order valence-corrected chi connectivity index (χ1v) is 14.7. The van der Waals surface area contributed by atoms with E-state index < -0.39 is 17.9 Å². The number of aliphatic carboxylic acids is 1. The Morgan fingerprint density at radius 2 is 1.68 bits per heavy atom. The number of benzene rings is 2. The molecule has 1 aliphatic rings. The third-order valence-electron chi connectivity index (χ3n) is 7.28. The molecule has 2 unspecified atom stereocenters. The number of nitrogens with one attached hydrogen (secondary N) is 2. The van der Waals surface area contributed by atoms with Crippen LogP contribution in [-0.2, 0) is 9.59 Å². The van der Waals surface area contributed by atoms with Gasteiger partial charge in [0.05, 0.1) is 5.92 Å². The zero-order chi connectivity index (χ0) is 26.8. The van der Waals surface area contributed by atoms with Gasteiger partial charge in [0.15, 0.2) is 0 Å². The summed E-state index contributed by atoms with van der Waals surface area (Å²) in [6.07, 6.45) is 10.3. The van der Waals surface area contributed by atoms with Crippen LogP contribution in [0.4, 0.5) is 0 Å². The molecule has 0 aromatic heterocycles. The Labute approximate surface area is 244 Å². The second-order valence-electron chi connectivity index (χ2n) is 10.0. The second kappa shape index (κ2) is 16.0. The number of carboxylic acids is 1. The number of rotatable bonds is 10. The molecule has 2 atom stereocenters. The number of carboxylic acid groups (broad SMARTS) is 1. The minimum Gasteiger partial charge on any atom is -1.00 e. The monoisotopic (exact) mass is 532 g/mol. The predicted molar refractivity (Wildman–Crippen MR) is 152 cm³/mol. The number of carbonyl (C=O) groups is 3. The molecule has 2 amide bonds. The van der Waals surface area contributed by atoms with E-state index in [-0.39, 0.29) is 38.2 Å². The van der Waals surface area contributed by atoms with Crippen LogP contribution in [0.15, 0.2) is 42.5 Å². The maximum atomic E-state index is 13.3. The average molecular weight is 533 g/mol. The molecular formula is C30H41LiN2O4S. The van der Waals surface area contributed by atoms with Gasteiger partial charge < -0.3 is 17.2 Å². The second-order valence-corrected chi connectivity index (χ2v) is 11.0. The van der Waals surface area contributed by atoms with Gasteiger partial charge in [0.2, 0.25) is 5.91 Å². The van der Waals surface area contributed by atoms with Crippen molar-refractivity contribution >= 4 is 29.5 Å². The maximum Gasteiger partial charge on any atom is 1.00 e. The van der Waals surface area contributed by atoms with Crippen molar-refractivity contribution in [2.75, 3.05) is 12.0 Å². The number of amides is 2. The number of carbonyl (C=O) groups excluding carboxylic acids is 2. The number of aryl methyl sites for hydroxylation is 1. The van der Waals surface area contributed by atoms with Crippen molar-refractivity contribution in [3.05, 3.63) is 59.2 Å². The third kappa shape index (κ3) is 8.93. The molecular weight excluding hydrogens is 491 g/mol. The van der Waals surface area contributed by atoms with Crippen LogP contribution in [0.2, 0.25) is 0 Å². The summed E-state index contributed by atoms with van der Waals surface area (Å²) in [7, 11) is 0. The van der Waals surface area contributed by atoms with Crippen LogP contribution >= 0.6 is 11.8 Å². The first-order chi connectivity index (χ1) is 17.8. The van der Waals surface area contributed by atoms with E-state index in [2.05, 4.69) is 10.6 Å². The Kier molecular flexibility index (Phi) is 13.5. The van der Waals surface area contributed by atoms with E-state index in [0.717, 1.165) is 42.4 Å². The van der Waals surface area contributed by atoms with Gasteiger partial charge in [-0.2, -0.15) is 11.8 Å². The molecule has 0 aliphatic heterocycles. The third-order valence-corrected chi connectivity index (χ3v) is 7.93. The smallest absolute Gasteiger partial charge is 1.00 e. The summed E-state index contributed by atoms with van der Waals surface area (Å²) in [5.74, 6) is -1.21. The van der Waals surface area contributed by atoms with Gasteiger partial charge in [-0.25, -0.2) is 4.79 Å². The quantitative estimate of drug-likeness (QED) is 0.409. The molecule has 0 radical (unpaired) electrons. The van der Waals surface area contributed by atoms with Gasteiger partial charge in [-0.15, -0.1) is 0 Å². The fraction of sp³-hybridized carbons (Fsp3) is 0.500. The summed E-state index contributed by atoms with van der Waals surface area (Å²) in [5, 5.41) is 15.6. The summed E-state index contributed by atoms with van der Waals surface area (Å²) >= 11 is 1.54. The van der Waals surface area contributed by atoms with Gasteiger partial charge in [-0.1, -0.05) is 62.4 Å². The summed E-state index contributed by atoms with van der Waals surface area (Å²) in [6.45, 7) is 3.88. The molecule has 1 fully saturated rings. The van der Waals surface area contributed by atoms with Crippen LogP contribution < -0.4 is 29.5 Å². The number of hydrogen-bond acceptors (Lipinski definition) is 4. The van der Waals surface area contributed by atoms with Gasteiger partial charge in [0, 0.05) is 11.6 Å². The van der Waals surface area contributed by atoms with Crippen LogP contribution in [-0.4, -0.2) is 47.0 Å². The molecule has 38 heavy (non-hydrogen) atoms. The average Bonchev–Trinajstić information content (AvgIpc) is 2.87. The first-order valence-electron chi connectivity index (χ1n) is 13.3. The SMILES string of the molecule is CSCCC(NC(=O)c1ccc(C(C)C(=O)NC2CCCCCCC2)cc1-c1ccccc1C)C(=O)O.[H-].[Li+]. The van der Waals surface area contributed by atoms with Crippen molar-refractivity contribution in [1.29, 1.82) is 0 Å². The molecule has 1 saturated carbocycles. The van der Waals surface area contributed by atoms with Crippen molar-refractivity contribution in [3.8, 4) is 11.1 Å². The van der Waals surface area contributed by atoms with E-state index in [1.165, 1.54) is 19.3 Å². The van der Waals surface area contributed by atoms with Crippen LogP contribution in [0.1, 0.15) is 87.1 Å². The Balaban J connectivity index is 0.00000380. The molecule has 1 aliphatic carbocycles. The van der Waals surface area contributed by atoms with Crippen molar-refractivity contribution < 1.29 is 39.8 Å². The van der Waals surface area contributed by atoms with E-state index >= 15 is 0 Å². The van der Waals surface area contributed by atoms with E-state index in [4.69, 9.17) is 0 Å². The number of hydrogen-bond donors (Lipinski definition) is 3. The molecule has 0 spiro atoms. The molecule has 6 nitrogen and oxygen atoms in total. The van der Waals surface area contributed by atoms with Gasteiger partial charge in [-0.05, 0) is 79.5 Å². The molecule has 202 valence electrons. The summed E-state index contributed by atoms with van der Waals surface area (Å²) in [6, 6.07) is 12.5. The molecule has 3 rings (SSSR count). The van der Waals surface area contributed by atoms with Crippen molar-refractivity contribution in [3.63, 3.8) is 0 Å². The van der Waals surface area contributed by atoms with E-state index in [0.29, 0.717) is 23.3 Å². The Morgan fingerprint density at radius 1 is 1.03 bits per heavy atom. The molecule has 0 heterocycles. The maximum absolute atomic E-state index is 13.3. The number of thioether (sulfide) groups is 1. The zero-order valence-corrected chi connectivity index (χ0v) is 24.0. The molecule has 0 saturated heterocycles. The van der Waals surface area contributed by atoms with Gasteiger partial charge in [-0.3, -0.25) is 9.59 Å². The molecule has 8 heteroatoms. The summed E-state index contributed by atoms with van der Waals surface area (Å²) in [5.41, 5.74) is 3.82. The van der Waals surface area contributed by atoms with Crippen molar-refractivity contribution in [2.45, 2.75) is 83.2 Å². The summed E-state index contributed by atoms with van der Waals surface area (Å²) in [4.78, 5) is 38.2. The van der Waals surface area contributed by atoms with E-state index in [9.17, 15) is 19.5 Å². The largest absolute Gasteiger partial charge is 1.00 e. The molecule has 2 aromatic carbocycles. The topological polar surface area (TPSA) is 95.5 Å². The molecule has 0 bridgehead atoms. The molecule has 2 aromatic rings. The van der Waals surface area contributed by atoms with Gasteiger partial charge in [0.25, 0.3) is 5.91 Å². The predicted octanol–water partition coefficient (Wildman–Crippen LogP) is 3.05. The van der Waals surface area contributed by atoms with Crippen molar-refractivity contribution in [1.82, 2.24) is 10.6 Å². The van der Waals surface area contributed by atoms with Crippen LogP contribution in [0.25, 0.3) is 11.1 Å². The minimum atomic E-state index is -1.05. The van der Waals surface area contributed by atoms with Gasteiger partial charge >= 0.3 is 24.8 Å². The summed E-state index contributed by atoms with van der Waals surface area (Å²) < 4.78 is 0. The Morgan fingerprint density at radius 3 is 2.32 bits per heavy atom. The minimum absolute atomic E-state index is 0. The first kappa shape index (κ1) is 32.0. The van der Waals surface area contributed by atoms with E-state index in [1.54, 1.807) is 17.8 Å². The normalized spacial score (nSPS) is 15.8. The zero-order valence-electron chi connectivity index (χ0n) is 24.2. The molecule has 3 N–H and O–H groups in total. The fourth-order valence-corrected chi connectivity index (χ4v) is 5.41. The van der Waals surface area contributed by atoms with Gasteiger partial charge in [0.1, 0.15) is 6.04 Å². The van der Waals surface area contributed by atoms with E-state index in [1.807, 2.05) is 56.5 Å². The van der Waals surface area contributed by atoms with Crippen molar-refractivity contribution in [2.24, 2.45) is 0 Å². The Hall–Kier alpha value is -2.20. The standard InChI is InChI=1S/C30H40N2O4S.Li.H/c1-20-11-9-10-14-24(20)26-19-22(21(2)28(33)31-23-12-7-5-4-6-8-13-23)15-16-25(26)29(34)32-27(30(35)36)17-18-37-3;;/h9-11,14-16,19,21,23,27H,4-8,12-13,17-18H2,1-3H3,(H,31,33)(H,32,34)(H,35,36);;/q;+1;-1. The Bertz CT molecular complexity index is 1090.